The number of hydrogen-bond acceptors (Lipinski definition) is 4. The number of morpholine rings is 1. The average molecular weight is 318 g/mol. The first-order chi connectivity index (χ1) is 11.1. The van der Waals surface area contributed by atoms with Crippen molar-refractivity contribution in [2.45, 2.75) is 18.9 Å². The molecule has 1 amide bonds. The van der Waals surface area contributed by atoms with Crippen molar-refractivity contribution in [2.75, 3.05) is 19.7 Å². The fraction of sp³-hybridized carbons (Fsp3) is 0.438. The molecule has 1 aliphatic rings. The topological polar surface area (TPSA) is 60.2 Å². The highest BCUT2D eigenvalue weighted by Gasteiger charge is 2.25. The van der Waals surface area contributed by atoms with Crippen LogP contribution in [0.1, 0.15) is 23.9 Å². The Bertz CT molecular complexity index is 671. The van der Waals surface area contributed by atoms with Gasteiger partial charge in [0.05, 0.1) is 13.2 Å². The Labute approximate surface area is 133 Å². The molecule has 0 radical (unpaired) electrons. The van der Waals surface area contributed by atoms with Gasteiger partial charge in [0, 0.05) is 26.4 Å². The van der Waals surface area contributed by atoms with Crippen molar-refractivity contribution in [3.8, 4) is 0 Å². The molecule has 0 unspecified atom stereocenters. The summed E-state index contributed by atoms with van der Waals surface area (Å²) in [6.45, 7) is 1.55. The molecule has 1 aromatic carbocycles. The molecule has 6 nitrogen and oxygen atoms in total. The highest BCUT2D eigenvalue weighted by molar-refractivity contribution is 5.76. The molecule has 7 heteroatoms. The molecule has 0 spiro atoms. The monoisotopic (exact) mass is 318 g/mol. The SMILES string of the molecule is Cn1cnnc1CCC(=O)N1CCO[C@@H](c2ccc(F)cc2)C1. The summed E-state index contributed by atoms with van der Waals surface area (Å²) in [5, 5.41) is 7.79. The lowest BCUT2D eigenvalue weighted by molar-refractivity contribution is -0.139. The van der Waals surface area contributed by atoms with E-state index in [4.69, 9.17) is 4.74 Å². The molecule has 1 aromatic heterocycles. The van der Waals surface area contributed by atoms with E-state index in [9.17, 15) is 9.18 Å². The molecule has 23 heavy (non-hydrogen) atoms. The molecule has 0 aliphatic carbocycles. The normalized spacial score (nSPS) is 18.2. The van der Waals surface area contributed by atoms with Crippen molar-refractivity contribution in [1.82, 2.24) is 19.7 Å². The molecule has 1 fully saturated rings. The Morgan fingerprint density at radius 1 is 1.39 bits per heavy atom. The van der Waals surface area contributed by atoms with E-state index in [2.05, 4.69) is 10.2 Å². The van der Waals surface area contributed by atoms with Crippen LogP contribution in [0.25, 0.3) is 0 Å². The van der Waals surface area contributed by atoms with E-state index in [1.807, 2.05) is 11.6 Å². The van der Waals surface area contributed by atoms with Crippen LogP contribution in [0.5, 0.6) is 0 Å². The molecule has 0 saturated carbocycles. The highest BCUT2D eigenvalue weighted by Crippen LogP contribution is 2.23. The summed E-state index contributed by atoms with van der Waals surface area (Å²) >= 11 is 0. The number of nitrogens with zero attached hydrogens (tertiary/aromatic N) is 4. The van der Waals surface area contributed by atoms with E-state index < -0.39 is 0 Å². The van der Waals surface area contributed by atoms with Crippen LogP contribution in [-0.2, 0) is 23.0 Å². The number of rotatable bonds is 4. The lowest BCUT2D eigenvalue weighted by Crippen LogP contribution is -2.42. The fourth-order valence-corrected chi connectivity index (χ4v) is 2.67. The molecule has 122 valence electrons. The zero-order chi connectivity index (χ0) is 16.2. The van der Waals surface area contributed by atoms with Gasteiger partial charge in [0.25, 0.3) is 0 Å². The Kier molecular flexibility index (Phi) is 4.66. The first-order valence-electron chi connectivity index (χ1n) is 7.61. The summed E-state index contributed by atoms with van der Waals surface area (Å²) in [5.74, 6) is 0.589. The summed E-state index contributed by atoms with van der Waals surface area (Å²) in [5.41, 5.74) is 0.886. The molecule has 3 rings (SSSR count). The second-order valence-corrected chi connectivity index (χ2v) is 5.61. The minimum absolute atomic E-state index is 0.0726. The van der Waals surface area contributed by atoms with Gasteiger partial charge in [-0.3, -0.25) is 4.79 Å². The van der Waals surface area contributed by atoms with Crippen LogP contribution in [0.2, 0.25) is 0 Å². The number of carbonyl (C=O) groups is 1. The van der Waals surface area contributed by atoms with E-state index in [0.29, 0.717) is 32.5 Å². The minimum atomic E-state index is -0.277. The first kappa shape index (κ1) is 15.6. The van der Waals surface area contributed by atoms with Crippen LogP contribution in [-0.4, -0.2) is 45.3 Å². The van der Waals surface area contributed by atoms with E-state index in [0.717, 1.165) is 11.4 Å². The largest absolute Gasteiger partial charge is 0.370 e. The Hall–Kier alpha value is -2.28. The van der Waals surface area contributed by atoms with Gasteiger partial charge in [-0.1, -0.05) is 12.1 Å². The van der Waals surface area contributed by atoms with E-state index in [1.54, 1.807) is 23.4 Å². The van der Waals surface area contributed by atoms with Crippen molar-refractivity contribution < 1.29 is 13.9 Å². The molecule has 1 aliphatic heterocycles. The number of aromatic nitrogens is 3. The molecule has 0 bridgehead atoms. The van der Waals surface area contributed by atoms with Gasteiger partial charge in [0.15, 0.2) is 0 Å². The molecule has 2 aromatic rings. The van der Waals surface area contributed by atoms with Crippen LogP contribution in [0.3, 0.4) is 0 Å². The number of benzene rings is 1. The van der Waals surface area contributed by atoms with Gasteiger partial charge in [-0.25, -0.2) is 4.39 Å². The van der Waals surface area contributed by atoms with Gasteiger partial charge in [-0.2, -0.15) is 0 Å². The van der Waals surface area contributed by atoms with Crippen LogP contribution in [0, 0.1) is 5.82 Å². The van der Waals surface area contributed by atoms with E-state index >= 15 is 0 Å². The van der Waals surface area contributed by atoms with Gasteiger partial charge < -0.3 is 14.2 Å². The summed E-state index contributed by atoms with van der Waals surface area (Å²) in [4.78, 5) is 14.2. The maximum atomic E-state index is 13.0. The number of ether oxygens (including phenoxy) is 1. The minimum Gasteiger partial charge on any atom is -0.370 e. The molecular weight excluding hydrogens is 299 g/mol. The summed E-state index contributed by atoms with van der Waals surface area (Å²) in [6.07, 6.45) is 2.37. The van der Waals surface area contributed by atoms with Crippen molar-refractivity contribution in [3.05, 3.63) is 47.8 Å². The Balaban J connectivity index is 1.58. The molecule has 0 N–H and O–H groups in total. The number of hydrogen-bond donors (Lipinski definition) is 0. The van der Waals surface area contributed by atoms with Crippen LogP contribution in [0.15, 0.2) is 30.6 Å². The Morgan fingerprint density at radius 3 is 2.87 bits per heavy atom. The second-order valence-electron chi connectivity index (χ2n) is 5.61. The van der Waals surface area contributed by atoms with Gasteiger partial charge in [0.2, 0.25) is 5.91 Å². The van der Waals surface area contributed by atoms with Gasteiger partial charge in [0.1, 0.15) is 24.1 Å². The summed E-state index contributed by atoms with van der Waals surface area (Å²) < 4.78 is 20.5. The van der Waals surface area contributed by atoms with Crippen molar-refractivity contribution in [3.63, 3.8) is 0 Å². The van der Waals surface area contributed by atoms with Crippen LogP contribution in [0.4, 0.5) is 4.39 Å². The number of amides is 1. The lowest BCUT2D eigenvalue weighted by Gasteiger charge is -2.33. The third-order valence-corrected chi connectivity index (χ3v) is 4.03. The predicted molar refractivity (Wildman–Crippen MR) is 81.0 cm³/mol. The fourth-order valence-electron chi connectivity index (χ4n) is 2.67. The first-order valence-corrected chi connectivity index (χ1v) is 7.61. The summed E-state index contributed by atoms with van der Waals surface area (Å²) in [7, 11) is 1.86. The smallest absolute Gasteiger partial charge is 0.223 e. The van der Waals surface area contributed by atoms with Gasteiger partial charge in [-0.15, -0.1) is 10.2 Å². The average Bonchev–Trinajstić information content (AvgIpc) is 2.98. The van der Waals surface area contributed by atoms with Gasteiger partial charge in [-0.05, 0) is 17.7 Å². The van der Waals surface area contributed by atoms with Crippen LogP contribution < -0.4 is 0 Å². The number of aryl methyl sites for hydroxylation is 2. The van der Waals surface area contributed by atoms with Crippen molar-refractivity contribution >= 4 is 5.91 Å². The maximum Gasteiger partial charge on any atom is 0.223 e. The van der Waals surface area contributed by atoms with E-state index in [-0.39, 0.29) is 17.8 Å². The zero-order valence-electron chi connectivity index (χ0n) is 13.0. The summed E-state index contributed by atoms with van der Waals surface area (Å²) in [6, 6.07) is 6.22. The quantitative estimate of drug-likeness (QED) is 0.857. The molecule has 1 atom stereocenters. The van der Waals surface area contributed by atoms with Crippen molar-refractivity contribution in [2.24, 2.45) is 7.05 Å². The third kappa shape index (κ3) is 3.73. The molecule has 2 heterocycles. The maximum absolute atomic E-state index is 13.0. The van der Waals surface area contributed by atoms with Gasteiger partial charge >= 0.3 is 0 Å². The van der Waals surface area contributed by atoms with Crippen LogP contribution >= 0.6 is 0 Å². The number of halogens is 1. The third-order valence-electron chi connectivity index (χ3n) is 4.03. The standard InChI is InChI=1S/C16H19FN4O2/c1-20-11-18-19-15(20)6-7-16(22)21-8-9-23-14(10-21)12-2-4-13(17)5-3-12/h2-5,11,14H,6-10H2,1H3/t14-/m1/s1. The second kappa shape index (κ2) is 6.87. The lowest BCUT2D eigenvalue weighted by atomic mass is 10.1. The molecule has 1 saturated heterocycles. The Morgan fingerprint density at radius 2 is 2.17 bits per heavy atom. The van der Waals surface area contributed by atoms with E-state index in [1.165, 1.54) is 12.1 Å². The predicted octanol–water partition coefficient (Wildman–Crippen LogP) is 1.49. The van der Waals surface area contributed by atoms with Crippen molar-refractivity contribution in [1.29, 1.82) is 0 Å². The number of carbonyl (C=O) groups excluding carboxylic acids is 1. The zero-order valence-corrected chi connectivity index (χ0v) is 13.0. The molecular formula is C16H19FN4O2. The highest BCUT2D eigenvalue weighted by atomic mass is 19.1.